The molecule has 6 nitrogen and oxygen atoms in total. The number of carbonyl (C=O) groups is 1. The molecular weight excluding hydrogens is 174 g/mol. The zero-order valence-corrected chi connectivity index (χ0v) is 8.24. The van der Waals surface area contributed by atoms with Crippen molar-refractivity contribution in [1.29, 1.82) is 0 Å². The Bertz CT molecular complexity index is 198. The molecular formula is C7H15N3O3. The average Bonchev–Trinajstić information content (AvgIpc) is 1.81. The molecule has 0 heterocycles. The summed E-state index contributed by atoms with van der Waals surface area (Å²) in [4.78, 5) is 11.0. The fourth-order valence-corrected chi connectivity index (χ4v) is 0.551. The lowest BCUT2D eigenvalue weighted by Crippen LogP contribution is -2.41. The Morgan fingerprint density at radius 2 is 2.15 bits per heavy atom. The van der Waals surface area contributed by atoms with Crippen molar-refractivity contribution in [2.45, 2.75) is 26.4 Å². The van der Waals surface area contributed by atoms with Gasteiger partial charge in [-0.25, -0.2) is 10.2 Å². The summed E-state index contributed by atoms with van der Waals surface area (Å²) in [5, 5.41) is 12.0. The number of ether oxygens (including phenoxy) is 1. The summed E-state index contributed by atoms with van der Waals surface area (Å²) in [6, 6.07) is 0. The lowest BCUT2D eigenvalue weighted by Gasteiger charge is -2.21. The van der Waals surface area contributed by atoms with E-state index in [2.05, 4.69) is 10.6 Å². The minimum Gasteiger partial charge on any atom is -0.443 e. The molecule has 1 amide bonds. The Labute approximate surface area is 77.1 Å². The van der Waals surface area contributed by atoms with Gasteiger partial charge in [-0.1, -0.05) is 5.16 Å². The topological polar surface area (TPSA) is 74.2 Å². The highest BCUT2D eigenvalue weighted by Gasteiger charge is 2.16. The van der Waals surface area contributed by atoms with Crippen LogP contribution in [0.5, 0.6) is 0 Å². The molecule has 0 aliphatic rings. The number of nitrogens with zero attached hydrogens (tertiary/aromatic N) is 2. The van der Waals surface area contributed by atoms with Gasteiger partial charge in [0.25, 0.3) is 0 Å². The van der Waals surface area contributed by atoms with Gasteiger partial charge >= 0.3 is 6.09 Å². The fourth-order valence-electron chi connectivity index (χ4n) is 0.551. The zero-order chi connectivity index (χ0) is 10.5. The van der Waals surface area contributed by atoms with Crippen LogP contribution in [0.15, 0.2) is 5.16 Å². The van der Waals surface area contributed by atoms with Gasteiger partial charge in [0.05, 0.1) is 0 Å². The number of carbonyl (C=O) groups excluding carboxylic acids is 1. The third-order valence-corrected chi connectivity index (χ3v) is 0.891. The van der Waals surface area contributed by atoms with E-state index in [-0.39, 0.29) is 0 Å². The van der Waals surface area contributed by atoms with Crippen molar-refractivity contribution in [1.82, 2.24) is 10.4 Å². The van der Waals surface area contributed by atoms with Crippen LogP contribution in [-0.4, -0.2) is 35.3 Å². The van der Waals surface area contributed by atoms with Gasteiger partial charge in [-0.3, -0.25) is 5.01 Å². The SMILES string of the molecule is CN(/C=N\O)NC(=O)OC(C)(C)C. The third-order valence-electron chi connectivity index (χ3n) is 0.891. The molecule has 0 atom stereocenters. The predicted molar refractivity (Wildman–Crippen MR) is 47.4 cm³/mol. The molecule has 0 saturated carbocycles. The van der Waals surface area contributed by atoms with Crippen molar-refractivity contribution in [3.8, 4) is 0 Å². The van der Waals surface area contributed by atoms with Crippen molar-refractivity contribution in [2.24, 2.45) is 5.16 Å². The van der Waals surface area contributed by atoms with Gasteiger partial charge < -0.3 is 9.94 Å². The first kappa shape index (κ1) is 11.5. The molecule has 13 heavy (non-hydrogen) atoms. The first-order valence-corrected chi connectivity index (χ1v) is 3.75. The standard InChI is InChI=1S/C7H15N3O3/c1-7(2,3)13-6(11)9-10(4)5-8-12/h5,12H,1-4H3,(H,9,11)/b8-5-. The molecule has 0 aromatic heterocycles. The van der Waals surface area contributed by atoms with Gasteiger partial charge in [-0.15, -0.1) is 0 Å². The summed E-state index contributed by atoms with van der Waals surface area (Å²) in [6.07, 6.45) is 0.430. The summed E-state index contributed by atoms with van der Waals surface area (Å²) in [5.74, 6) is 0. The summed E-state index contributed by atoms with van der Waals surface area (Å²) in [6.45, 7) is 5.27. The average molecular weight is 189 g/mol. The van der Waals surface area contributed by atoms with Crippen LogP contribution >= 0.6 is 0 Å². The number of hydrazine groups is 1. The van der Waals surface area contributed by atoms with Crippen molar-refractivity contribution >= 4 is 12.4 Å². The zero-order valence-electron chi connectivity index (χ0n) is 8.24. The van der Waals surface area contributed by atoms with Crippen molar-refractivity contribution in [3.63, 3.8) is 0 Å². The molecule has 0 fully saturated rings. The highest BCUT2D eigenvalue weighted by atomic mass is 16.6. The van der Waals surface area contributed by atoms with Crippen LogP contribution in [0.25, 0.3) is 0 Å². The lowest BCUT2D eigenvalue weighted by atomic mass is 10.2. The largest absolute Gasteiger partial charge is 0.443 e. The van der Waals surface area contributed by atoms with Crippen LogP contribution in [-0.2, 0) is 4.74 Å². The third kappa shape index (κ3) is 6.92. The minimum atomic E-state index is -0.602. The molecule has 0 aliphatic carbocycles. The van der Waals surface area contributed by atoms with E-state index in [0.29, 0.717) is 0 Å². The number of nitrogens with one attached hydrogen (secondary N) is 1. The van der Waals surface area contributed by atoms with E-state index < -0.39 is 11.7 Å². The fraction of sp³-hybridized carbons (Fsp3) is 0.714. The molecule has 76 valence electrons. The van der Waals surface area contributed by atoms with Crippen LogP contribution in [0.2, 0.25) is 0 Å². The maximum absolute atomic E-state index is 11.0. The molecule has 0 radical (unpaired) electrons. The molecule has 0 aromatic carbocycles. The second kappa shape index (κ2) is 4.54. The van der Waals surface area contributed by atoms with E-state index in [1.807, 2.05) is 0 Å². The first-order chi connectivity index (χ1) is 5.85. The maximum atomic E-state index is 11.0. The van der Waals surface area contributed by atoms with Crippen LogP contribution in [0, 0.1) is 0 Å². The highest BCUT2D eigenvalue weighted by molar-refractivity contribution is 5.69. The van der Waals surface area contributed by atoms with Crippen LogP contribution in [0.4, 0.5) is 4.79 Å². The van der Waals surface area contributed by atoms with E-state index in [1.165, 1.54) is 12.1 Å². The molecule has 0 rings (SSSR count). The van der Waals surface area contributed by atoms with E-state index in [4.69, 9.17) is 9.94 Å². The van der Waals surface area contributed by atoms with Gasteiger partial charge in [-0.2, -0.15) is 0 Å². The summed E-state index contributed by atoms with van der Waals surface area (Å²) in [7, 11) is 1.50. The first-order valence-electron chi connectivity index (χ1n) is 3.75. The van der Waals surface area contributed by atoms with Gasteiger partial charge in [-0.05, 0) is 20.8 Å². The molecule has 2 N–H and O–H groups in total. The lowest BCUT2D eigenvalue weighted by molar-refractivity contribution is 0.0438. The molecule has 0 spiro atoms. The molecule has 0 aromatic rings. The normalized spacial score (nSPS) is 11.4. The van der Waals surface area contributed by atoms with E-state index >= 15 is 0 Å². The monoisotopic (exact) mass is 189 g/mol. The Hall–Kier alpha value is -1.46. The highest BCUT2D eigenvalue weighted by Crippen LogP contribution is 2.06. The summed E-state index contributed by atoms with van der Waals surface area (Å²) < 4.78 is 4.92. The molecule has 6 heteroatoms. The smallest absolute Gasteiger partial charge is 0.426 e. The van der Waals surface area contributed by atoms with Crippen molar-refractivity contribution < 1.29 is 14.7 Å². The molecule has 0 aliphatic heterocycles. The minimum absolute atomic E-state index is 0.540. The van der Waals surface area contributed by atoms with E-state index in [0.717, 1.165) is 6.34 Å². The van der Waals surface area contributed by atoms with Crippen LogP contribution < -0.4 is 5.43 Å². The number of oxime groups is 1. The summed E-state index contributed by atoms with van der Waals surface area (Å²) in [5.41, 5.74) is 1.76. The maximum Gasteiger partial charge on any atom is 0.426 e. The number of amides is 1. The Balaban J connectivity index is 3.88. The second-order valence-corrected chi connectivity index (χ2v) is 3.46. The molecule has 0 saturated heterocycles. The van der Waals surface area contributed by atoms with E-state index in [9.17, 15) is 4.79 Å². The van der Waals surface area contributed by atoms with Crippen LogP contribution in [0.1, 0.15) is 20.8 Å². The number of hydrogen-bond acceptors (Lipinski definition) is 4. The second-order valence-electron chi connectivity index (χ2n) is 3.46. The van der Waals surface area contributed by atoms with Crippen molar-refractivity contribution in [3.05, 3.63) is 0 Å². The van der Waals surface area contributed by atoms with Crippen LogP contribution in [0.3, 0.4) is 0 Å². The summed E-state index contributed by atoms with van der Waals surface area (Å²) >= 11 is 0. The predicted octanol–water partition coefficient (Wildman–Crippen LogP) is 0.775. The molecule has 0 unspecified atom stereocenters. The van der Waals surface area contributed by atoms with Gasteiger partial charge in [0.15, 0.2) is 0 Å². The number of hydrogen-bond donors (Lipinski definition) is 2. The quantitative estimate of drug-likeness (QED) is 0.291. The molecule has 0 bridgehead atoms. The Morgan fingerprint density at radius 1 is 1.62 bits per heavy atom. The number of rotatable bonds is 2. The van der Waals surface area contributed by atoms with Gasteiger partial charge in [0.1, 0.15) is 11.9 Å². The Kier molecular flexibility index (Phi) is 4.03. The Morgan fingerprint density at radius 3 is 2.54 bits per heavy atom. The van der Waals surface area contributed by atoms with E-state index in [1.54, 1.807) is 20.8 Å². The van der Waals surface area contributed by atoms with Gasteiger partial charge in [0, 0.05) is 7.05 Å². The van der Waals surface area contributed by atoms with Gasteiger partial charge in [0.2, 0.25) is 0 Å². The van der Waals surface area contributed by atoms with Crippen molar-refractivity contribution in [2.75, 3.05) is 7.05 Å².